The molecule has 136 valence electrons. The molecule has 0 aliphatic carbocycles. The van der Waals surface area contributed by atoms with Crippen LogP contribution in [-0.2, 0) is 0 Å². The van der Waals surface area contributed by atoms with Crippen molar-refractivity contribution in [1.29, 1.82) is 0 Å². The van der Waals surface area contributed by atoms with Crippen molar-refractivity contribution >= 4 is 0 Å². The molecule has 2 heteroatoms. The summed E-state index contributed by atoms with van der Waals surface area (Å²) < 4.78 is 0. The van der Waals surface area contributed by atoms with Gasteiger partial charge in [0, 0.05) is 31.7 Å². The highest BCUT2D eigenvalue weighted by Gasteiger charge is 2.45. The molecule has 0 aromatic heterocycles. The van der Waals surface area contributed by atoms with Gasteiger partial charge in [-0.1, -0.05) is 48.0 Å². The van der Waals surface area contributed by atoms with Gasteiger partial charge in [0.1, 0.15) is 0 Å². The molecule has 0 bridgehead atoms. The van der Waals surface area contributed by atoms with Crippen LogP contribution in [0.1, 0.15) is 67.7 Å². The number of hydrogen-bond acceptors (Lipinski definition) is 2. The van der Waals surface area contributed by atoms with E-state index in [1.807, 2.05) is 0 Å². The van der Waals surface area contributed by atoms with Crippen LogP contribution in [0.3, 0.4) is 0 Å². The van der Waals surface area contributed by atoms with Crippen molar-refractivity contribution in [1.82, 2.24) is 9.80 Å². The Bertz CT molecular complexity index is 372. The van der Waals surface area contributed by atoms with Gasteiger partial charge in [0.25, 0.3) is 0 Å². The highest BCUT2D eigenvalue weighted by molar-refractivity contribution is 4.98. The first kappa shape index (κ1) is 19.2. The van der Waals surface area contributed by atoms with Gasteiger partial charge in [-0.3, -0.25) is 4.90 Å². The second kappa shape index (κ2) is 7.44. The molecule has 2 nitrogen and oxygen atoms in total. The number of rotatable bonds is 8. The summed E-state index contributed by atoms with van der Waals surface area (Å²) in [7, 11) is 2.26. The topological polar surface area (TPSA) is 6.48 Å². The zero-order chi connectivity index (χ0) is 17.4. The van der Waals surface area contributed by atoms with Gasteiger partial charge in [-0.2, -0.15) is 0 Å². The van der Waals surface area contributed by atoms with Crippen LogP contribution >= 0.6 is 0 Å². The summed E-state index contributed by atoms with van der Waals surface area (Å²) in [5.41, 5.74) is 0.552. The van der Waals surface area contributed by atoms with Crippen LogP contribution in [0.2, 0.25) is 0 Å². The van der Waals surface area contributed by atoms with Crippen LogP contribution in [0.4, 0.5) is 0 Å². The standard InChI is InChI=1S/C21H42N2/c1-9-21(7,18-12-22(8)13-18)11-10-17(6)23-14-19(15(2)3)20(23)16(4)5/h15-20H,9-14H2,1-8H3. The third-order valence-electron chi connectivity index (χ3n) is 7.34. The third kappa shape index (κ3) is 3.95. The van der Waals surface area contributed by atoms with Gasteiger partial charge >= 0.3 is 0 Å². The lowest BCUT2D eigenvalue weighted by atomic mass is 9.67. The summed E-state index contributed by atoms with van der Waals surface area (Å²) in [6, 6.07) is 1.56. The molecule has 0 spiro atoms. The monoisotopic (exact) mass is 322 g/mol. The maximum absolute atomic E-state index is 2.82. The van der Waals surface area contributed by atoms with E-state index in [-0.39, 0.29) is 0 Å². The molecule has 4 atom stereocenters. The van der Waals surface area contributed by atoms with E-state index in [1.54, 1.807) is 0 Å². The Balaban J connectivity index is 1.87. The smallest absolute Gasteiger partial charge is 0.0164 e. The van der Waals surface area contributed by atoms with Gasteiger partial charge in [-0.25, -0.2) is 0 Å². The second-order valence-electron chi connectivity index (χ2n) is 9.65. The molecule has 2 heterocycles. The Kier molecular flexibility index (Phi) is 6.22. The van der Waals surface area contributed by atoms with E-state index in [2.05, 4.69) is 65.3 Å². The van der Waals surface area contributed by atoms with E-state index in [0.717, 1.165) is 35.8 Å². The quantitative estimate of drug-likeness (QED) is 0.636. The highest BCUT2D eigenvalue weighted by Crippen LogP contribution is 2.43. The SMILES string of the molecule is CCC(C)(CCC(C)N1CC(C(C)C)C1C(C)C)C1CN(C)C1. The van der Waals surface area contributed by atoms with Crippen LogP contribution in [0.15, 0.2) is 0 Å². The zero-order valence-electron chi connectivity index (χ0n) is 17.1. The largest absolute Gasteiger partial charge is 0.306 e. The molecule has 0 amide bonds. The predicted molar refractivity (Wildman–Crippen MR) is 102 cm³/mol. The molecule has 0 aromatic rings. The van der Waals surface area contributed by atoms with E-state index in [0.29, 0.717) is 5.41 Å². The Labute approximate surface area is 146 Å². The normalized spacial score (nSPS) is 31.0. The summed E-state index contributed by atoms with van der Waals surface area (Å²) in [6.07, 6.45) is 4.11. The minimum absolute atomic E-state index is 0.552. The Hall–Kier alpha value is -0.0800. The molecule has 4 unspecified atom stereocenters. The molecule has 2 aliphatic heterocycles. The fourth-order valence-corrected chi connectivity index (χ4v) is 5.05. The fraction of sp³-hybridized carbons (Fsp3) is 1.00. The van der Waals surface area contributed by atoms with E-state index in [4.69, 9.17) is 0 Å². The van der Waals surface area contributed by atoms with E-state index in [9.17, 15) is 0 Å². The highest BCUT2D eigenvalue weighted by atomic mass is 15.3. The van der Waals surface area contributed by atoms with Gasteiger partial charge in [0.05, 0.1) is 0 Å². The fourth-order valence-electron chi connectivity index (χ4n) is 5.05. The summed E-state index contributed by atoms with van der Waals surface area (Å²) in [5.74, 6) is 3.45. The van der Waals surface area contributed by atoms with Crippen molar-refractivity contribution in [3.8, 4) is 0 Å². The van der Waals surface area contributed by atoms with Crippen molar-refractivity contribution in [3.05, 3.63) is 0 Å². The molecular formula is C21H42N2. The van der Waals surface area contributed by atoms with Gasteiger partial charge in [-0.15, -0.1) is 0 Å². The lowest BCUT2D eigenvalue weighted by molar-refractivity contribution is -0.0710. The van der Waals surface area contributed by atoms with Gasteiger partial charge in [-0.05, 0) is 55.9 Å². The van der Waals surface area contributed by atoms with Crippen LogP contribution in [0.25, 0.3) is 0 Å². The van der Waals surface area contributed by atoms with Crippen LogP contribution in [-0.4, -0.2) is 48.6 Å². The summed E-state index contributed by atoms with van der Waals surface area (Å²) in [6.45, 7) is 21.0. The van der Waals surface area contributed by atoms with E-state index < -0.39 is 0 Å². The first-order valence-electron chi connectivity index (χ1n) is 10.1. The molecular weight excluding hydrogens is 280 g/mol. The molecule has 0 saturated carbocycles. The minimum atomic E-state index is 0.552. The number of likely N-dealkylation sites (tertiary alicyclic amines) is 2. The van der Waals surface area contributed by atoms with Crippen molar-refractivity contribution in [2.75, 3.05) is 26.7 Å². The van der Waals surface area contributed by atoms with Crippen LogP contribution in [0, 0.1) is 29.1 Å². The molecule has 0 radical (unpaired) electrons. The molecule has 0 N–H and O–H groups in total. The van der Waals surface area contributed by atoms with Gasteiger partial charge in [0.2, 0.25) is 0 Å². The summed E-state index contributed by atoms with van der Waals surface area (Å²) >= 11 is 0. The molecule has 23 heavy (non-hydrogen) atoms. The van der Waals surface area contributed by atoms with E-state index >= 15 is 0 Å². The molecule has 2 rings (SSSR count). The number of hydrogen-bond donors (Lipinski definition) is 0. The molecule has 2 fully saturated rings. The first-order valence-corrected chi connectivity index (χ1v) is 10.1. The zero-order valence-corrected chi connectivity index (χ0v) is 17.1. The number of nitrogens with zero attached hydrogens (tertiary/aromatic N) is 2. The average molecular weight is 323 g/mol. The summed E-state index contributed by atoms with van der Waals surface area (Å²) in [4.78, 5) is 5.29. The Morgan fingerprint density at radius 1 is 1.00 bits per heavy atom. The third-order valence-corrected chi connectivity index (χ3v) is 7.34. The second-order valence-corrected chi connectivity index (χ2v) is 9.65. The lowest BCUT2D eigenvalue weighted by Gasteiger charge is -2.56. The summed E-state index contributed by atoms with van der Waals surface area (Å²) in [5, 5.41) is 0. The van der Waals surface area contributed by atoms with Crippen molar-refractivity contribution < 1.29 is 0 Å². The van der Waals surface area contributed by atoms with Crippen molar-refractivity contribution in [3.63, 3.8) is 0 Å². The van der Waals surface area contributed by atoms with Crippen molar-refractivity contribution in [2.45, 2.75) is 79.8 Å². The molecule has 2 aliphatic rings. The molecule has 2 saturated heterocycles. The van der Waals surface area contributed by atoms with Crippen molar-refractivity contribution in [2.24, 2.45) is 29.1 Å². The Morgan fingerprint density at radius 2 is 1.61 bits per heavy atom. The van der Waals surface area contributed by atoms with Gasteiger partial charge in [0.15, 0.2) is 0 Å². The minimum Gasteiger partial charge on any atom is -0.306 e. The maximum Gasteiger partial charge on any atom is 0.0164 e. The Morgan fingerprint density at radius 3 is 2.04 bits per heavy atom. The first-order chi connectivity index (χ1) is 10.7. The van der Waals surface area contributed by atoms with Crippen LogP contribution < -0.4 is 0 Å². The maximum atomic E-state index is 2.82. The van der Waals surface area contributed by atoms with Gasteiger partial charge < -0.3 is 4.90 Å². The lowest BCUT2D eigenvalue weighted by Crippen LogP contribution is -2.63. The van der Waals surface area contributed by atoms with Crippen LogP contribution in [0.5, 0.6) is 0 Å². The molecule has 0 aromatic carbocycles. The predicted octanol–water partition coefficient (Wildman–Crippen LogP) is 4.75. The average Bonchev–Trinajstić information content (AvgIpc) is 2.39. The van der Waals surface area contributed by atoms with E-state index in [1.165, 1.54) is 38.9 Å².